The van der Waals surface area contributed by atoms with E-state index in [1.54, 1.807) is 19.1 Å². The third kappa shape index (κ3) is 4.75. The predicted octanol–water partition coefficient (Wildman–Crippen LogP) is 3.43. The molecule has 0 aliphatic heterocycles. The summed E-state index contributed by atoms with van der Waals surface area (Å²) >= 11 is 1.15. The molecule has 2 heterocycles. The highest BCUT2D eigenvalue weighted by Gasteiger charge is 2.21. The lowest BCUT2D eigenvalue weighted by Crippen LogP contribution is -2.25. The van der Waals surface area contributed by atoms with Crippen molar-refractivity contribution in [3.05, 3.63) is 62.3 Å². The minimum atomic E-state index is -0.490. The molecule has 0 amide bonds. The van der Waals surface area contributed by atoms with Gasteiger partial charge in [-0.05, 0) is 44.2 Å². The number of carbonyl (C=O) groups is 1. The summed E-state index contributed by atoms with van der Waals surface area (Å²) in [6, 6.07) is 6.31. The van der Waals surface area contributed by atoms with Crippen LogP contribution in [0.1, 0.15) is 39.6 Å². The fourth-order valence-electron chi connectivity index (χ4n) is 3.11. The van der Waals surface area contributed by atoms with E-state index < -0.39 is 5.97 Å². The normalized spacial score (nSPS) is 12.5. The van der Waals surface area contributed by atoms with Crippen molar-refractivity contribution in [3.63, 3.8) is 0 Å². The molecular weight excluding hydrogens is 409 g/mol. The number of H-pyrrole nitrogens is 1. The van der Waals surface area contributed by atoms with E-state index >= 15 is 0 Å². The quantitative estimate of drug-likeness (QED) is 0.433. The number of methoxy groups -OCH3 is 1. The third-order valence-corrected chi connectivity index (χ3v) is 6.13. The molecule has 1 atom stereocenters. The molecule has 9 heteroatoms. The van der Waals surface area contributed by atoms with Gasteiger partial charge < -0.3 is 14.5 Å². The molecule has 0 saturated heterocycles. The Labute approximate surface area is 177 Å². The number of fused-ring (bicyclic) bond motifs is 1. The van der Waals surface area contributed by atoms with Gasteiger partial charge >= 0.3 is 5.97 Å². The van der Waals surface area contributed by atoms with Gasteiger partial charge in [-0.1, -0.05) is 12.1 Å². The summed E-state index contributed by atoms with van der Waals surface area (Å²) in [7, 11) is 3.42. The first kappa shape index (κ1) is 22.1. The second-order valence-electron chi connectivity index (χ2n) is 7.02. The molecule has 1 unspecified atom stereocenters. The van der Waals surface area contributed by atoms with Crippen LogP contribution in [0.15, 0.2) is 29.1 Å². The molecule has 0 saturated carbocycles. The number of nitrogens with zero attached hydrogens (tertiary/aromatic N) is 2. The molecule has 0 spiro atoms. The van der Waals surface area contributed by atoms with E-state index in [4.69, 9.17) is 9.47 Å². The highest BCUT2D eigenvalue weighted by molar-refractivity contribution is 7.20. The number of rotatable bonds is 8. The van der Waals surface area contributed by atoms with E-state index in [-0.39, 0.29) is 24.0 Å². The lowest BCUT2D eigenvalue weighted by Gasteiger charge is -2.24. The molecule has 3 aromatic rings. The van der Waals surface area contributed by atoms with Gasteiger partial charge in [0.25, 0.3) is 5.56 Å². The van der Waals surface area contributed by atoms with Crippen LogP contribution < -0.4 is 5.56 Å². The Balaban J connectivity index is 1.82. The summed E-state index contributed by atoms with van der Waals surface area (Å²) in [6.07, 6.45) is 0. The zero-order valence-corrected chi connectivity index (χ0v) is 18.1. The molecule has 3 rings (SSSR count). The second kappa shape index (κ2) is 9.46. The van der Waals surface area contributed by atoms with Crippen molar-refractivity contribution in [1.82, 2.24) is 14.9 Å². The molecule has 30 heavy (non-hydrogen) atoms. The zero-order valence-electron chi connectivity index (χ0n) is 17.3. The van der Waals surface area contributed by atoms with Crippen molar-refractivity contribution >= 4 is 27.5 Å². The van der Waals surface area contributed by atoms with E-state index in [2.05, 4.69) is 9.97 Å². The molecule has 2 aromatic heterocycles. The number of aryl methyl sites for hydroxylation is 1. The van der Waals surface area contributed by atoms with Crippen molar-refractivity contribution in [2.24, 2.45) is 0 Å². The van der Waals surface area contributed by atoms with Gasteiger partial charge in [0.2, 0.25) is 0 Å². The minimum Gasteiger partial charge on any atom is -0.459 e. The third-order valence-electron chi connectivity index (χ3n) is 4.97. The Morgan fingerprint density at radius 1 is 1.30 bits per heavy atom. The van der Waals surface area contributed by atoms with Gasteiger partial charge in [-0.25, -0.2) is 14.2 Å². The van der Waals surface area contributed by atoms with Crippen LogP contribution in [0.5, 0.6) is 0 Å². The molecule has 0 fully saturated rings. The van der Waals surface area contributed by atoms with E-state index in [9.17, 15) is 14.0 Å². The first-order valence-corrected chi connectivity index (χ1v) is 10.3. The zero-order chi connectivity index (χ0) is 21.8. The number of ether oxygens (including phenoxy) is 2. The number of hydrogen-bond acceptors (Lipinski definition) is 7. The van der Waals surface area contributed by atoms with E-state index in [0.29, 0.717) is 39.6 Å². The first-order chi connectivity index (χ1) is 14.3. The topological polar surface area (TPSA) is 84.5 Å². The molecule has 0 aliphatic carbocycles. The summed E-state index contributed by atoms with van der Waals surface area (Å²) in [5.74, 6) is -0.283. The summed E-state index contributed by atoms with van der Waals surface area (Å²) in [5, 5.41) is 0.400. The van der Waals surface area contributed by atoms with Gasteiger partial charge in [-0.15, -0.1) is 11.3 Å². The number of benzene rings is 1. The first-order valence-electron chi connectivity index (χ1n) is 9.46. The van der Waals surface area contributed by atoms with Crippen LogP contribution in [0.25, 0.3) is 10.2 Å². The van der Waals surface area contributed by atoms with Gasteiger partial charge in [0.1, 0.15) is 28.0 Å². The van der Waals surface area contributed by atoms with E-state index in [1.165, 1.54) is 19.2 Å². The van der Waals surface area contributed by atoms with Crippen LogP contribution in [-0.2, 0) is 16.0 Å². The van der Waals surface area contributed by atoms with Crippen molar-refractivity contribution in [3.8, 4) is 0 Å². The highest BCUT2D eigenvalue weighted by Crippen LogP contribution is 2.28. The molecular formula is C21H24FN3O4S. The Bertz CT molecular complexity index is 1090. The molecule has 1 aromatic carbocycles. The van der Waals surface area contributed by atoms with E-state index in [0.717, 1.165) is 16.9 Å². The predicted molar refractivity (Wildman–Crippen MR) is 113 cm³/mol. The SMILES string of the molecule is COCCOC(=O)c1sc2nc(CN(C)C(C)c3ccc(F)cc3)[nH]c(=O)c2c1C. The number of aromatic amines is 1. The molecule has 0 radical (unpaired) electrons. The maximum Gasteiger partial charge on any atom is 0.348 e. The van der Waals surface area contributed by atoms with Gasteiger partial charge in [0.05, 0.1) is 18.5 Å². The standard InChI is InChI=1S/C21H24FN3O4S/c1-12-17-19(26)23-16(11-25(3)13(2)14-5-7-15(22)8-6-14)24-20(17)30-18(12)21(27)29-10-9-28-4/h5-8,13H,9-11H2,1-4H3,(H,23,24,26). The lowest BCUT2D eigenvalue weighted by molar-refractivity contribution is 0.0393. The van der Waals surface area contributed by atoms with Crippen molar-refractivity contribution in [2.75, 3.05) is 27.4 Å². The number of carbonyl (C=O) groups excluding carboxylic acids is 1. The second-order valence-corrected chi connectivity index (χ2v) is 8.02. The van der Waals surface area contributed by atoms with Crippen molar-refractivity contribution in [2.45, 2.75) is 26.4 Å². The number of halogens is 1. The fraction of sp³-hybridized carbons (Fsp3) is 0.381. The van der Waals surface area contributed by atoms with Crippen molar-refractivity contribution < 1.29 is 18.7 Å². The summed E-state index contributed by atoms with van der Waals surface area (Å²) in [5.41, 5.74) is 1.23. The number of hydrogen-bond donors (Lipinski definition) is 1. The summed E-state index contributed by atoms with van der Waals surface area (Å²) < 4.78 is 23.2. The lowest BCUT2D eigenvalue weighted by atomic mass is 10.1. The number of esters is 1. The van der Waals surface area contributed by atoms with Crippen LogP contribution in [0.4, 0.5) is 4.39 Å². The van der Waals surface area contributed by atoms with Crippen LogP contribution >= 0.6 is 11.3 Å². The largest absolute Gasteiger partial charge is 0.459 e. The van der Waals surface area contributed by atoms with Crippen LogP contribution in [0.3, 0.4) is 0 Å². The van der Waals surface area contributed by atoms with E-state index in [1.807, 2.05) is 18.9 Å². The number of thiophene rings is 1. The van der Waals surface area contributed by atoms with Gasteiger partial charge in [0.15, 0.2) is 0 Å². The maximum atomic E-state index is 13.2. The summed E-state index contributed by atoms with van der Waals surface area (Å²) in [4.78, 5) is 35.2. The molecule has 0 aliphatic rings. The molecule has 1 N–H and O–H groups in total. The Kier molecular flexibility index (Phi) is 6.96. The summed E-state index contributed by atoms with van der Waals surface area (Å²) in [6.45, 7) is 4.54. The highest BCUT2D eigenvalue weighted by atomic mass is 32.1. The van der Waals surface area contributed by atoms with Crippen molar-refractivity contribution in [1.29, 1.82) is 0 Å². The fourth-order valence-corrected chi connectivity index (χ4v) is 4.20. The van der Waals surface area contributed by atoms with Gasteiger partial charge in [-0.3, -0.25) is 9.69 Å². The average molecular weight is 434 g/mol. The Morgan fingerprint density at radius 3 is 2.67 bits per heavy atom. The van der Waals surface area contributed by atoms with Gasteiger partial charge in [0, 0.05) is 13.2 Å². The molecule has 7 nitrogen and oxygen atoms in total. The smallest absolute Gasteiger partial charge is 0.348 e. The number of aromatic nitrogens is 2. The molecule has 160 valence electrons. The van der Waals surface area contributed by atoms with Crippen LogP contribution in [0, 0.1) is 12.7 Å². The monoisotopic (exact) mass is 433 g/mol. The number of nitrogens with one attached hydrogen (secondary N) is 1. The minimum absolute atomic E-state index is 0.0111. The Hall–Kier alpha value is -2.62. The average Bonchev–Trinajstić information content (AvgIpc) is 3.05. The molecule has 0 bridgehead atoms. The van der Waals surface area contributed by atoms with Gasteiger partial charge in [-0.2, -0.15) is 0 Å². The Morgan fingerprint density at radius 2 is 2.00 bits per heavy atom. The van der Waals surface area contributed by atoms with Crippen LogP contribution in [-0.4, -0.2) is 48.2 Å². The maximum absolute atomic E-state index is 13.2. The van der Waals surface area contributed by atoms with Crippen LogP contribution in [0.2, 0.25) is 0 Å².